The molecular weight excluding hydrogens is 296 g/mol. The zero-order valence-electron chi connectivity index (χ0n) is 14.1. The molecule has 6 heteroatoms. The molecule has 0 radical (unpaired) electrons. The molecule has 1 aromatic carbocycles. The lowest BCUT2D eigenvalue weighted by Gasteiger charge is -2.23. The van der Waals surface area contributed by atoms with E-state index in [4.69, 9.17) is 4.74 Å². The summed E-state index contributed by atoms with van der Waals surface area (Å²) >= 11 is 0. The lowest BCUT2D eigenvalue weighted by atomic mass is 10.1. The molecule has 1 N–H and O–H groups in total. The fourth-order valence-corrected chi connectivity index (χ4v) is 1.83. The Morgan fingerprint density at radius 2 is 1.74 bits per heavy atom. The first kappa shape index (κ1) is 18.7. The Balaban J connectivity index is 2.35. The van der Waals surface area contributed by atoms with Gasteiger partial charge in [0.1, 0.15) is 0 Å². The lowest BCUT2D eigenvalue weighted by molar-refractivity contribution is -0.151. The van der Waals surface area contributed by atoms with Crippen molar-refractivity contribution in [2.75, 3.05) is 20.2 Å². The molecule has 0 unspecified atom stereocenters. The number of benzene rings is 1. The molecule has 0 atom stereocenters. The molecule has 126 valence electrons. The Morgan fingerprint density at radius 3 is 2.30 bits per heavy atom. The predicted octanol–water partition coefficient (Wildman–Crippen LogP) is 1.15. The van der Waals surface area contributed by atoms with Gasteiger partial charge in [-0.2, -0.15) is 0 Å². The third-order valence-corrected chi connectivity index (χ3v) is 2.87. The van der Waals surface area contributed by atoms with Gasteiger partial charge in [-0.3, -0.25) is 14.4 Å². The van der Waals surface area contributed by atoms with E-state index in [2.05, 4.69) is 5.32 Å². The molecule has 6 nitrogen and oxygen atoms in total. The molecule has 0 heterocycles. The zero-order valence-corrected chi connectivity index (χ0v) is 14.1. The molecule has 23 heavy (non-hydrogen) atoms. The van der Waals surface area contributed by atoms with Crippen LogP contribution in [0.1, 0.15) is 26.3 Å². The average molecular weight is 320 g/mol. The van der Waals surface area contributed by atoms with Crippen LogP contribution in [-0.4, -0.2) is 48.4 Å². The van der Waals surface area contributed by atoms with E-state index in [0.717, 1.165) is 5.56 Å². The Bertz CT molecular complexity index is 549. The van der Waals surface area contributed by atoms with Crippen LogP contribution in [0.3, 0.4) is 0 Å². The number of nitrogens with one attached hydrogen (secondary N) is 1. The number of hydrogen-bond acceptors (Lipinski definition) is 4. The average Bonchev–Trinajstić information content (AvgIpc) is 2.43. The van der Waals surface area contributed by atoms with Crippen molar-refractivity contribution in [2.45, 2.75) is 32.7 Å². The van der Waals surface area contributed by atoms with Crippen molar-refractivity contribution >= 4 is 17.8 Å². The van der Waals surface area contributed by atoms with Crippen LogP contribution < -0.4 is 5.32 Å². The summed E-state index contributed by atoms with van der Waals surface area (Å²) in [6, 6.07) is 9.14. The zero-order chi connectivity index (χ0) is 17.5. The molecular formula is C17H24N2O4. The van der Waals surface area contributed by atoms with Crippen LogP contribution in [0.5, 0.6) is 0 Å². The summed E-state index contributed by atoms with van der Waals surface area (Å²) < 4.78 is 4.95. The molecule has 1 aromatic rings. The first-order chi connectivity index (χ1) is 10.7. The number of carbonyl (C=O) groups is 3. The van der Waals surface area contributed by atoms with Crippen LogP contribution >= 0.6 is 0 Å². The minimum atomic E-state index is -0.475. The molecule has 0 fully saturated rings. The summed E-state index contributed by atoms with van der Waals surface area (Å²) in [5.41, 5.74) is 0.464. The van der Waals surface area contributed by atoms with Gasteiger partial charge >= 0.3 is 5.97 Å². The van der Waals surface area contributed by atoms with Gasteiger partial charge in [-0.05, 0) is 26.3 Å². The summed E-state index contributed by atoms with van der Waals surface area (Å²) in [6.45, 7) is 5.13. The van der Waals surface area contributed by atoms with Crippen molar-refractivity contribution in [3.05, 3.63) is 35.9 Å². The fourth-order valence-electron chi connectivity index (χ4n) is 1.83. The topological polar surface area (TPSA) is 75.7 Å². The van der Waals surface area contributed by atoms with E-state index in [-0.39, 0.29) is 31.0 Å². The van der Waals surface area contributed by atoms with Crippen molar-refractivity contribution in [2.24, 2.45) is 0 Å². The van der Waals surface area contributed by atoms with Crippen LogP contribution in [0, 0.1) is 0 Å². The number of hydrogen-bond donors (Lipinski definition) is 1. The molecule has 0 bridgehead atoms. The second kappa shape index (κ2) is 8.31. The van der Waals surface area contributed by atoms with Crippen molar-refractivity contribution in [3.63, 3.8) is 0 Å². The second-order valence-electron chi connectivity index (χ2n) is 6.37. The van der Waals surface area contributed by atoms with Crippen LogP contribution in [0.15, 0.2) is 30.3 Å². The summed E-state index contributed by atoms with van der Waals surface area (Å²) in [5.74, 6) is -1.16. The van der Waals surface area contributed by atoms with Gasteiger partial charge in [-0.25, -0.2) is 0 Å². The third kappa shape index (κ3) is 7.99. The van der Waals surface area contributed by atoms with Crippen molar-refractivity contribution in [1.82, 2.24) is 10.2 Å². The number of amides is 2. The monoisotopic (exact) mass is 320 g/mol. The maximum absolute atomic E-state index is 11.9. The minimum absolute atomic E-state index is 0.0770. The van der Waals surface area contributed by atoms with E-state index in [0.29, 0.717) is 0 Å². The highest BCUT2D eigenvalue weighted by molar-refractivity contribution is 5.86. The van der Waals surface area contributed by atoms with E-state index < -0.39 is 11.9 Å². The molecule has 1 rings (SSSR count). The maximum Gasteiger partial charge on any atom is 0.310 e. The molecule has 0 aliphatic carbocycles. The van der Waals surface area contributed by atoms with Crippen molar-refractivity contribution in [3.8, 4) is 0 Å². The van der Waals surface area contributed by atoms with Crippen LogP contribution in [-0.2, 0) is 25.5 Å². The van der Waals surface area contributed by atoms with Gasteiger partial charge in [-0.1, -0.05) is 30.3 Å². The normalized spacial score (nSPS) is 10.8. The number of esters is 1. The summed E-state index contributed by atoms with van der Waals surface area (Å²) in [6.07, 6.45) is 0.113. The number of likely N-dealkylation sites (N-methyl/N-ethyl adjacent to an activating group) is 1. The summed E-state index contributed by atoms with van der Waals surface area (Å²) in [4.78, 5) is 36.5. The van der Waals surface area contributed by atoms with Gasteiger partial charge in [0.05, 0.1) is 13.0 Å². The van der Waals surface area contributed by atoms with Crippen molar-refractivity contribution in [1.29, 1.82) is 0 Å². The lowest BCUT2D eigenvalue weighted by Crippen LogP contribution is -2.46. The molecule has 0 aromatic heterocycles. The minimum Gasteiger partial charge on any atom is -0.455 e. The Labute approximate surface area is 136 Å². The Kier molecular flexibility index (Phi) is 6.75. The highest BCUT2D eigenvalue weighted by Crippen LogP contribution is 2.01. The molecule has 0 spiro atoms. The fraction of sp³-hybridized carbons (Fsp3) is 0.471. The quantitative estimate of drug-likeness (QED) is 0.798. The van der Waals surface area contributed by atoms with Crippen LogP contribution in [0.25, 0.3) is 0 Å². The van der Waals surface area contributed by atoms with Gasteiger partial charge in [0.25, 0.3) is 5.91 Å². The maximum atomic E-state index is 11.9. The predicted molar refractivity (Wildman–Crippen MR) is 86.6 cm³/mol. The third-order valence-electron chi connectivity index (χ3n) is 2.87. The standard InChI is InChI=1S/C17H24N2O4/c1-17(2,3)18-14(20)11-19(4)15(21)12-23-16(22)10-13-8-6-5-7-9-13/h5-9H,10-12H2,1-4H3,(H,18,20). The molecule has 0 saturated carbocycles. The van der Waals surface area contributed by atoms with Gasteiger partial charge in [0.15, 0.2) is 6.61 Å². The van der Waals surface area contributed by atoms with E-state index in [1.807, 2.05) is 51.1 Å². The smallest absolute Gasteiger partial charge is 0.310 e. The SMILES string of the molecule is CN(CC(=O)NC(C)(C)C)C(=O)COC(=O)Cc1ccccc1. The van der Waals surface area contributed by atoms with E-state index in [1.54, 1.807) is 0 Å². The first-order valence-corrected chi connectivity index (χ1v) is 7.42. The molecule has 0 aliphatic rings. The first-order valence-electron chi connectivity index (χ1n) is 7.42. The Hall–Kier alpha value is -2.37. The number of carbonyl (C=O) groups excluding carboxylic acids is 3. The largest absolute Gasteiger partial charge is 0.455 e. The van der Waals surface area contributed by atoms with Crippen molar-refractivity contribution < 1.29 is 19.1 Å². The number of ether oxygens (including phenoxy) is 1. The van der Waals surface area contributed by atoms with Crippen LogP contribution in [0.2, 0.25) is 0 Å². The molecule has 0 aliphatic heterocycles. The molecule has 2 amide bonds. The van der Waals surface area contributed by atoms with Gasteiger partial charge in [0.2, 0.25) is 5.91 Å². The highest BCUT2D eigenvalue weighted by Gasteiger charge is 2.18. The summed E-state index contributed by atoms with van der Waals surface area (Å²) in [5, 5.41) is 2.76. The number of rotatable bonds is 6. The second-order valence-corrected chi connectivity index (χ2v) is 6.37. The van der Waals surface area contributed by atoms with Gasteiger partial charge in [0, 0.05) is 12.6 Å². The van der Waals surface area contributed by atoms with E-state index in [9.17, 15) is 14.4 Å². The van der Waals surface area contributed by atoms with Gasteiger partial charge in [-0.15, -0.1) is 0 Å². The van der Waals surface area contributed by atoms with Crippen LogP contribution in [0.4, 0.5) is 0 Å². The Morgan fingerprint density at radius 1 is 1.13 bits per heavy atom. The number of nitrogens with zero attached hydrogens (tertiary/aromatic N) is 1. The van der Waals surface area contributed by atoms with E-state index in [1.165, 1.54) is 11.9 Å². The summed E-state index contributed by atoms with van der Waals surface area (Å²) in [7, 11) is 1.50. The van der Waals surface area contributed by atoms with E-state index >= 15 is 0 Å². The molecule has 0 saturated heterocycles. The highest BCUT2D eigenvalue weighted by atomic mass is 16.5. The van der Waals surface area contributed by atoms with Gasteiger partial charge < -0.3 is 15.0 Å².